The van der Waals surface area contributed by atoms with Gasteiger partial charge in [0, 0.05) is 6.61 Å². The Labute approximate surface area is 75.3 Å². The van der Waals surface area contributed by atoms with E-state index in [0.29, 0.717) is 12.5 Å². The number of hydrogen-bond acceptors (Lipinski definition) is 2. The molecule has 72 valence electrons. The zero-order chi connectivity index (χ0) is 9.40. The van der Waals surface area contributed by atoms with Crippen LogP contribution in [0.2, 0.25) is 0 Å². The minimum Gasteiger partial charge on any atom is -0.371 e. The molecule has 2 unspecified atom stereocenters. The average molecular weight is 172 g/mol. The molecule has 0 aliphatic carbocycles. The Balaban J connectivity index is 3.68. The van der Waals surface area contributed by atoms with Crippen LogP contribution in [0.5, 0.6) is 0 Å². The van der Waals surface area contributed by atoms with Gasteiger partial charge in [-0.2, -0.15) is 0 Å². The summed E-state index contributed by atoms with van der Waals surface area (Å²) in [6, 6.07) is 0. The molecule has 0 fully saturated rings. The van der Waals surface area contributed by atoms with E-state index in [1.165, 1.54) is 12.8 Å². The number of rotatable bonds is 7. The molecule has 0 aliphatic rings. The normalized spacial score (nSPS) is 15.6. The van der Waals surface area contributed by atoms with Gasteiger partial charge in [-0.1, -0.05) is 26.7 Å². The van der Waals surface area contributed by atoms with Crippen LogP contribution in [0.25, 0.3) is 0 Å². The van der Waals surface area contributed by atoms with Crippen molar-refractivity contribution in [2.45, 2.75) is 46.1 Å². The fourth-order valence-electron chi connectivity index (χ4n) is 1.22. The van der Waals surface area contributed by atoms with Crippen LogP contribution in [0, 0.1) is 5.92 Å². The van der Waals surface area contributed by atoms with Gasteiger partial charge in [-0.05, 0) is 19.3 Å². The summed E-state index contributed by atoms with van der Waals surface area (Å²) < 4.78 is 5.28. The van der Waals surface area contributed by atoms with Crippen molar-refractivity contribution in [3.05, 3.63) is 0 Å². The minimum atomic E-state index is -0.193. The van der Waals surface area contributed by atoms with E-state index in [0.717, 1.165) is 12.7 Å². The number of hydrogen-bond donors (Lipinski definition) is 0. The molecular weight excluding hydrogens is 152 g/mol. The maximum Gasteiger partial charge on any atom is 0.149 e. The van der Waals surface area contributed by atoms with Gasteiger partial charge in [0.1, 0.15) is 12.4 Å². The highest BCUT2D eigenvalue weighted by Gasteiger charge is 2.15. The van der Waals surface area contributed by atoms with Gasteiger partial charge in [-0.15, -0.1) is 0 Å². The van der Waals surface area contributed by atoms with Crippen molar-refractivity contribution >= 4 is 6.29 Å². The molecule has 12 heavy (non-hydrogen) atoms. The highest BCUT2D eigenvalue weighted by molar-refractivity contribution is 5.56. The van der Waals surface area contributed by atoms with Gasteiger partial charge in [0.25, 0.3) is 0 Å². The Bertz CT molecular complexity index is 112. The predicted octanol–water partition coefficient (Wildman–Crippen LogP) is 2.42. The molecule has 0 N–H and O–H groups in total. The van der Waals surface area contributed by atoms with Gasteiger partial charge < -0.3 is 9.53 Å². The van der Waals surface area contributed by atoms with Crippen molar-refractivity contribution < 1.29 is 9.53 Å². The van der Waals surface area contributed by atoms with E-state index in [1.807, 2.05) is 6.92 Å². The topological polar surface area (TPSA) is 26.3 Å². The summed E-state index contributed by atoms with van der Waals surface area (Å²) in [5.74, 6) is 0.363. The zero-order valence-electron chi connectivity index (χ0n) is 8.38. The zero-order valence-corrected chi connectivity index (χ0v) is 8.38. The molecule has 2 nitrogen and oxygen atoms in total. The van der Waals surface area contributed by atoms with Gasteiger partial charge in [-0.3, -0.25) is 0 Å². The van der Waals surface area contributed by atoms with Crippen LogP contribution in [0.1, 0.15) is 40.0 Å². The van der Waals surface area contributed by atoms with E-state index in [9.17, 15) is 4.79 Å². The highest BCUT2D eigenvalue weighted by Crippen LogP contribution is 2.13. The summed E-state index contributed by atoms with van der Waals surface area (Å²) in [4.78, 5) is 10.6. The maximum atomic E-state index is 10.6. The summed E-state index contributed by atoms with van der Waals surface area (Å²) in [7, 11) is 0. The van der Waals surface area contributed by atoms with E-state index in [1.54, 1.807) is 0 Å². The van der Waals surface area contributed by atoms with Gasteiger partial charge in [0.05, 0.1) is 0 Å². The van der Waals surface area contributed by atoms with Crippen molar-refractivity contribution in [1.82, 2.24) is 0 Å². The van der Waals surface area contributed by atoms with Crippen LogP contribution >= 0.6 is 0 Å². The molecule has 0 aliphatic heterocycles. The van der Waals surface area contributed by atoms with Gasteiger partial charge in [0.15, 0.2) is 0 Å². The van der Waals surface area contributed by atoms with Crippen LogP contribution in [0.4, 0.5) is 0 Å². The van der Waals surface area contributed by atoms with E-state index in [2.05, 4.69) is 13.8 Å². The van der Waals surface area contributed by atoms with Crippen LogP contribution in [-0.4, -0.2) is 19.0 Å². The second-order valence-electron chi connectivity index (χ2n) is 3.18. The summed E-state index contributed by atoms with van der Waals surface area (Å²) in [6.07, 6.45) is 4.17. The van der Waals surface area contributed by atoms with E-state index >= 15 is 0 Å². The predicted molar refractivity (Wildman–Crippen MR) is 50.2 cm³/mol. The molecule has 0 heterocycles. The van der Waals surface area contributed by atoms with Crippen molar-refractivity contribution in [3.8, 4) is 0 Å². The van der Waals surface area contributed by atoms with Crippen molar-refractivity contribution in [1.29, 1.82) is 0 Å². The van der Waals surface area contributed by atoms with Crippen molar-refractivity contribution in [2.75, 3.05) is 6.61 Å². The molecule has 0 aromatic rings. The lowest BCUT2D eigenvalue weighted by atomic mass is 9.99. The molecule has 0 rings (SSSR count). The van der Waals surface area contributed by atoms with Crippen LogP contribution in [0.15, 0.2) is 0 Å². The third-order valence-corrected chi connectivity index (χ3v) is 2.07. The third kappa shape index (κ3) is 4.50. The Morgan fingerprint density at radius 2 is 2.08 bits per heavy atom. The molecule has 0 amide bonds. The smallest absolute Gasteiger partial charge is 0.149 e. The Morgan fingerprint density at radius 1 is 1.42 bits per heavy atom. The largest absolute Gasteiger partial charge is 0.371 e. The molecule has 2 atom stereocenters. The molecule has 0 radical (unpaired) electrons. The van der Waals surface area contributed by atoms with Crippen molar-refractivity contribution in [3.63, 3.8) is 0 Å². The van der Waals surface area contributed by atoms with Crippen LogP contribution in [0.3, 0.4) is 0 Å². The lowest BCUT2D eigenvalue weighted by molar-refractivity contribution is -0.120. The first-order chi connectivity index (χ1) is 5.76. The maximum absolute atomic E-state index is 10.6. The van der Waals surface area contributed by atoms with Gasteiger partial charge in [-0.25, -0.2) is 0 Å². The van der Waals surface area contributed by atoms with Gasteiger partial charge in [0.2, 0.25) is 0 Å². The second-order valence-corrected chi connectivity index (χ2v) is 3.18. The molecule has 0 aromatic carbocycles. The molecule has 0 saturated heterocycles. The standard InChI is InChI=1S/C10H20O2/c1-4-6-7-9(3)10(8-11)12-5-2/h8-10H,4-7H2,1-3H3. The van der Waals surface area contributed by atoms with E-state index in [-0.39, 0.29) is 6.10 Å². The number of ether oxygens (including phenoxy) is 1. The first-order valence-electron chi connectivity index (χ1n) is 4.83. The minimum absolute atomic E-state index is 0.193. The second kappa shape index (κ2) is 7.29. The Kier molecular flexibility index (Phi) is 7.06. The molecule has 0 aromatic heterocycles. The summed E-state index contributed by atoms with van der Waals surface area (Å²) in [5.41, 5.74) is 0. The lowest BCUT2D eigenvalue weighted by Crippen LogP contribution is -2.23. The number of carbonyl (C=O) groups is 1. The quantitative estimate of drug-likeness (QED) is 0.551. The van der Waals surface area contributed by atoms with Crippen LogP contribution in [-0.2, 0) is 9.53 Å². The third-order valence-electron chi connectivity index (χ3n) is 2.07. The Hall–Kier alpha value is -0.370. The SMILES string of the molecule is CCCCC(C)C(C=O)OCC. The first-order valence-corrected chi connectivity index (χ1v) is 4.83. The molecule has 0 spiro atoms. The number of unbranched alkanes of at least 4 members (excludes halogenated alkanes) is 1. The first kappa shape index (κ1) is 11.6. The number of aldehydes is 1. The van der Waals surface area contributed by atoms with Crippen molar-refractivity contribution in [2.24, 2.45) is 5.92 Å². The monoisotopic (exact) mass is 172 g/mol. The molecular formula is C10H20O2. The molecule has 0 saturated carbocycles. The highest BCUT2D eigenvalue weighted by atomic mass is 16.5. The molecule has 2 heteroatoms. The van der Waals surface area contributed by atoms with E-state index < -0.39 is 0 Å². The lowest BCUT2D eigenvalue weighted by Gasteiger charge is -2.17. The summed E-state index contributed by atoms with van der Waals surface area (Å²) in [5, 5.41) is 0. The summed E-state index contributed by atoms with van der Waals surface area (Å²) >= 11 is 0. The molecule has 0 bridgehead atoms. The number of carbonyl (C=O) groups excluding carboxylic acids is 1. The van der Waals surface area contributed by atoms with E-state index in [4.69, 9.17) is 4.74 Å². The Morgan fingerprint density at radius 3 is 2.50 bits per heavy atom. The van der Waals surface area contributed by atoms with Gasteiger partial charge >= 0.3 is 0 Å². The fourth-order valence-corrected chi connectivity index (χ4v) is 1.22. The fraction of sp³-hybridized carbons (Fsp3) is 0.900. The summed E-state index contributed by atoms with van der Waals surface area (Å²) in [6.45, 7) is 6.77. The van der Waals surface area contributed by atoms with Crippen LogP contribution < -0.4 is 0 Å². The average Bonchev–Trinajstić information content (AvgIpc) is 2.10.